The number of thiocarbonyl (C=S) groups is 1. The summed E-state index contributed by atoms with van der Waals surface area (Å²) in [7, 11) is -1.69. The highest BCUT2D eigenvalue weighted by molar-refractivity contribution is 7.80. The van der Waals surface area contributed by atoms with Gasteiger partial charge >= 0.3 is 0 Å². The maximum absolute atomic E-state index is 6.54. The Morgan fingerprint density at radius 1 is 1.21 bits per heavy atom. The van der Waals surface area contributed by atoms with Gasteiger partial charge in [0.2, 0.25) is 0 Å². The van der Waals surface area contributed by atoms with Crippen LogP contribution < -0.4 is 5.32 Å². The lowest BCUT2D eigenvalue weighted by Gasteiger charge is -2.42. The van der Waals surface area contributed by atoms with Gasteiger partial charge in [0.15, 0.2) is 13.4 Å². The zero-order valence-electron chi connectivity index (χ0n) is 15.4. The van der Waals surface area contributed by atoms with Crippen LogP contribution in [-0.4, -0.2) is 37.5 Å². The molecule has 1 aliphatic rings. The summed E-state index contributed by atoms with van der Waals surface area (Å²) in [4.78, 5) is 2.23. The molecule has 0 saturated carbocycles. The smallest absolute Gasteiger partial charge is 0.192 e. The van der Waals surface area contributed by atoms with Crippen LogP contribution in [0.15, 0.2) is 24.3 Å². The largest absolute Gasteiger partial charge is 0.414 e. The van der Waals surface area contributed by atoms with Crippen molar-refractivity contribution in [3.63, 3.8) is 0 Å². The van der Waals surface area contributed by atoms with Gasteiger partial charge in [-0.2, -0.15) is 0 Å². The Labute approximate surface area is 157 Å². The highest BCUT2D eigenvalue weighted by Crippen LogP contribution is 2.38. The normalized spacial score (nSPS) is 17.0. The van der Waals surface area contributed by atoms with Gasteiger partial charge in [0, 0.05) is 29.9 Å². The summed E-state index contributed by atoms with van der Waals surface area (Å²) in [6.45, 7) is 13.4. The molecule has 0 aliphatic carbocycles. The van der Waals surface area contributed by atoms with E-state index in [9.17, 15) is 0 Å². The van der Waals surface area contributed by atoms with E-state index in [-0.39, 0.29) is 5.04 Å². The number of nitrogens with one attached hydrogen (secondary N) is 1. The number of hydrogen-bond acceptors (Lipinski definition) is 2. The van der Waals surface area contributed by atoms with E-state index < -0.39 is 8.32 Å². The predicted octanol–water partition coefficient (Wildman–Crippen LogP) is 5.52. The van der Waals surface area contributed by atoms with Crippen LogP contribution in [0.4, 0.5) is 5.69 Å². The number of nitrogens with zero attached hydrogens (tertiary/aromatic N) is 1. The van der Waals surface area contributed by atoms with Crippen molar-refractivity contribution >= 4 is 42.9 Å². The van der Waals surface area contributed by atoms with E-state index in [0.29, 0.717) is 6.10 Å². The molecule has 0 spiro atoms. The lowest BCUT2D eigenvalue weighted by molar-refractivity contribution is 0.117. The topological polar surface area (TPSA) is 24.5 Å². The van der Waals surface area contributed by atoms with Crippen molar-refractivity contribution in [2.75, 3.05) is 18.4 Å². The molecule has 0 atom stereocenters. The van der Waals surface area contributed by atoms with Crippen LogP contribution in [0.1, 0.15) is 33.6 Å². The fourth-order valence-corrected chi connectivity index (χ4v) is 4.35. The van der Waals surface area contributed by atoms with Crippen LogP contribution in [0.25, 0.3) is 0 Å². The van der Waals surface area contributed by atoms with Gasteiger partial charge in [0.25, 0.3) is 0 Å². The molecule has 0 amide bonds. The Bertz CT molecular complexity index is 563. The van der Waals surface area contributed by atoms with Crippen LogP contribution in [0.2, 0.25) is 23.2 Å². The Morgan fingerprint density at radius 3 is 2.25 bits per heavy atom. The molecule has 1 aliphatic heterocycles. The minimum absolute atomic E-state index is 0.259. The van der Waals surface area contributed by atoms with E-state index in [0.717, 1.165) is 41.8 Å². The van der Waals surface area contributed by atoms with Gasteiger partial charge in [-0.05, 0) is 67.5 Å². The first-order valence-corrected chi connectivity index (χ1v) is 12.3. The molecule has 6 heteroatoms. The minimum atomic E-state index is -1.69. The Kier molecular flexibility index (Phi) is 6.34. The van der Waals surface area contributed by atoms with E-state index in [1.165, 1.54) is 0 Å². The summed E-state index contributed by atoms with van der Waals surface area (Å²) in [5, 5.41) is 5.06. The summed E-state index contributed by atoms with van der Waals surface area (Å²) in [5.74, 6) is 0. The van der Waals surface area contributed by atoms with Crippen molar-refractivity contribution in [1.82, 2.24) is 4.90 Å². The van der Waals surface area contributed by atoms with E-state index in [1.54, 1.807) is 0 Å². The SMILES string of the molecule is CC(C)(C)[Si](C)(C)OC1CCN(C(=S)Nc2ccc(Cl)cc2)CC1. The highest BCUT2D eigenvalue weighted by atomic mass is 35.5. The molecule has 1 fully saturated rings. The lowest BCUT2D eigenvalue weighted by Crippen LogP contribution is -2.48. The van der Waals surface area contributed by atoms with Crippen molar-refractivity contribution in [3.8, 4) is 0 Å². The second-order valence-corrected chi connectivity index (χ2v) is 13.6. The quantitative estimate of drug-likeness (QED) is 0.547. The molecule has 1 N–H and O–H groups in total. The van der Waals surface area contributed by atoms with Crippen molar-refractivity contribution in [1.29, 1.82) is 0 Å². The van der Waals surface area contributed by atoms with Crippen LogP contribution in [-0.2, 0) is 4.43 Å². The summed E-state index contributed by atoms with van der Waals surface area (Å²) in [5.41, 5.74) is 0.976. The molecule has 1 aromatic rings. The van der Waals surface area contributed by atoms with Gasteiger partial charge in [-0.3, -0.25) is 0 Å². The average Bonchev–Trinajstić information content (AvgIpc) is 2.49. The molecule has 3 nitrogen and oxygen atoms in total. The molecule has 1 saturated heterocycles. The molecular weight excluding hydrogens is 356 g/mol. The zero-order valence-corrected chi connectivity index (χ0v) is 17.9. The van der Waals surface area contributed by atoms with Crippen molar-refractivity contribution in [3.05, 3.63) is 29.3 Å². The van der Waals surface area contributed by atoms with E-state index in [4.69, 9.17) is 28.2 Å². The second-order valence-electron chi connectivity index (χ2n) is 8.00. The molecule has 0 radical (unpaired) electrons. The number of halogens is 1. The standard InChI is InChI=1S/C18H29ClN2OSSi/c1-18(2,3)24(4,5)22-16-10-12-21(13-11-16)17(23)20-15-8-6-14(19)7-9-15/h6-9,16H,10-13H2,1-5H3,(H,20,23). The van der Waals surface area contributed by atoms with Crippen molar-refractivity contribution in [2.24, 2.45) is 0 Å². The van der Waals surface area contributed by atoms with Crippen LogP contribution >= 0.6 is 23.8 Å². The molecule has 0 unspecified atom stereocenters. The molecule has 1 aromatic carbocycles. The fraction of sp³-hybridized carbons (Fsp3) is 0.611. The van der Waals surface area contributed by atoms with E-state index in [2.05, 4.69) is 44.1 Å². The molecule has 0 aromatic heterocycles. The highest BCUT2D eigenvalue weighted by Gasteiger charge is 2.39. The van der Waals surface area contributed by atoms with Gasteiger partial charge in [-0.25, -0.2) is 0 Å². The molecule has 0 bridgehead atoms. The summed E-state index contributed by atoms with van der Waals surface area (Å²) in [6, 6.07) is 7.63. The number of likely N-dealkylation sites (tertiary alicyclic amines) is 1. The van der Waals surface area contributed by atoms with Crippen LogP contribution in [0, 0.1) is 0 Å². The maximum Gasteiger partial charge on any atom is 0.192 e. The third-order valence-corrected chi connectivity index (χ3v) is 10.2. The Balaban J connectivity index is 1.84. The summed E-state index contributed by atoms with van der Waals surface area (Å²) in [6.07, 6.45) is 2.43. The Hall–Kier alpha value is -0.623. The molecule has 134 valence electrons. The van der Waals surface area contributed by atoms with Gasteiger partial charge < -0.3 is 14.6 Å². The predicted molar refractivity (Wildman–Crippen MR) is 111 cm³/mol. The maximum atomic E-state index is 6.54. The molecule has 2 rings (SSSR count). The first kappa shape index (κ1) is 19.7. The number of hydrogen-bond donors (Lipinski definition) is 1. The van der Waals surface area contributed by atoms with E-state index >= 15 is 0 Å². The van der Waals surface area contributed by atoms with Crippen molar-refractivity contribution < 1.29 is 4.43 Å². The molecule has 1 heterocycles. The van der Waals surface area contributed by atoms with Crippen LogP contribution in [0.5, 0.6) is 0 Å². The number of benzene rings is 1. The summed E-state index contributed by atoms with van der Waals surface area (Å²) < 4.78 is 6.54. The van der Waals surface area contributed by atoms with Gasteiger partial charge in [-0.1, -0.05) is 32.4 Å². The zero-order chi connectivity index (χ0) is 18.0. The number of rotatable bonds is 3. The third-order valence-electron chi connectivity index (χ3n) is 5.09. The van der Waals surface area contributed by atoms with E-state index in [1.807, 2.05) is 24.3 Å². The first-order chi connectivity index (χ1) is 11.1. The van der Waals surface area contributed by atoms with Gasteiger partial charge in [0.05, 0.1) is 0 Å². The van der Waals surface area contributed by atoms with Gasteiger partial charge in [0.1, 0.15) is 0 Å². The minimum Gasteiger partial charge on any atom is -0.414 e. The first-order valence-electron chi connectivity index (χ1n) is 8.58. The molecule has 24 heavy (non-hydrogen) atoms. The van der Waals surface area contributed by atoms with Crippen LogP contribution in [0.3, 0.4) is 0 Å². The summed E-state index contributed by atoms with van der Waals surface area (Å²) >= 11 is 11.5. The van der Waals surface area contributed by atoms with Gasteiger partial charge in [-0.15, -0.1) is 0 Å². The Morgan fingerprint density at radius 2 is 1.75 bits per heavy atom. The number of anilines is 1. The number of piperidine rings is 1. The lowest BCUT2D eigenvalue weighted by atomic mass is 10.1. The fourth-order valence-electron chi connectivity index (χ4n) is 2.51. The average molecular weight is 385 g/mol. The second kappa shape index (κ2) is 7.73. The van der Waals surface area contributed by atoms with Crippen molar-refractivity contribution in [2.45, 2.75) is 57.8 Å². The molecular formula is C18H29ClN2OSSi. The monoisotopic (exact) mass is 384 g/mol. The third kappa shape index (κ3) is 5.18.